The number of aryl methyl sites for hydroxylation is 1. The highest BCUT2D eigenvalue weighted by atomic mass is 32.2. The van der Waals surface area contributed by atoms with E-state index in [4.69, 9.17) is 0 Å². The molecule has 1 aromatic rings. The Hall–Kier alpha value is -1.40. The monoisotopic (exact) mass is 271 g/mol. The number of benzene rings is 1. The molecule has 0 spiro atoms. The van der Waals surface area contributed by atoms with Gasteiger partial charge in [0.15, 0.2) is 0 Å². The summed E-state index contributed by atoms with van der Waals surface area (Å²) in [4.78, 5) is 17.9. The highest BCUT2D eigenvalue weighted by Crippen LogP contribution is 2.15. The maximum absolute atomic E-state index is 11.8. The summed E-state index contributed by atoms with van der Waals surface area (Å²) >= 11 is 0. The van der Waals surface area contributed by atoms with Gasteiger partial charge in [0.05, 0.1) is 10.3 Å². The van der Waals surface area contributed by atoms with Crippen LogP contribution < -0.4 is 4.89 Å². The largest absolute Gasteiger partial charge is 0.355 e. The van der Waals surface area contributed by atoms with Gasteiger partial charge >= 0.3 is 5.97 Å². The predicted octanol–water partition coefficient (Wildman–Crippen LogP) is 1.78. The zero-order valence-corrected chi connectivity index (χ0v) is 11.7. The summed E-state index contributed by atoms with van der Waals surface area (Å²) in [6, 6.07) is 6.23. The lowest BCUT2D eigenvalue weighted by atomic mass is 9.98. The van der Waals surface area contributed by atoms with E-state index in [1.165, 1.54) is 12.1 Å². The van der Waals surface area contributed by atoms with Gasteiger partial charge in [-0.3, -0.25) is 0 Å². The molecule has 0 atom stereocenters. The van der Waals surface area contributed by atoms with Gasteiger partial charge in [-0.1, -0.05) is 17.7 Å². The second-order valence-electron chi connectivity index (χ2n) is 5.04. The van der Waals surface area contributed by atoms with Gasteiger partial charge in [0.2, 0.25) is 0 Å². The first-order chi connectivity index (χ1) is 8.13. The maximum atomic E-state index is 11.8. The first kappa shape index (κ1) is 14.7. The Balaban J connectivity index is 2.78. The number of rotatable bonds is 3. The molecule has 18 heavy (non-hydrogen) atoms. The van der Waals surface area contributed by atoms with E-state index < -0.39 is 21.4 Å². The van der Waals surface area contributed by atoms with Gasteiger partial charge in [-0.25, -0.2) is 13.2 Å². The third kappa shape index (κ3) is 3.82. The van der Waals surface area contributed by atoms with E-state index in [9.17, 15) is 13.2 Å². The summed E-state index contributed by atoms with van der Waals surface area (Å²) in [5, 5.41) is 0. The molecule has 5 nitrogen and oxygen atoms in total. The summed E-state index contributed by atoms with van der Waals surface area (Å²) in [5.41, 5.74) is 0.177. The summed E-state index contributed by atoms with van der Waals surface area (Å²) in [7, 11) is -3.83. The summed E-state index contributed by atoms with van der Waals surface area (Å²) in [6.45, 7) is 6.75. The number of carbonyl (C=O) groups is 1. The second kappa shape index (κ2) is 5.07. The average Bonchev–Trinajstić information content (AvgIpc) is 2.25. The Bertz CT molecular complexity index is 526. The van der Waals surface area contributed by atoms with Crippen molar-refractivity contribution in [3.8, 4) is 0 Å². The third-order valence-corrected chi connectivity index (χ3v) is 3.38. The number of carbonyl (C=O) groups excluding carboxylic acids is 1. The molecule has 1 N–H and O–H groups in total. The summed E-state index contributed by atoms with van der Waals surface area (Å²) in [5.74, 6) is -0.641. The zero-order chi connectivity index (χ0) is 14.0. The fourth-order valence-corrected chi connectivity index (χ4v) is 1.79. The van der Waals surface area contributed by atoms with Crippen LogP contribution in [0, 0.1) is 12.3 Å². The molecule has 6 heteroatoms. The van der Waals surface area contributed by atoms with Crippen molar-refractivity contribution >= 4 is 16.0 Å². The molecule has 0 unspecified atom stereocenters. The smallest absolute Gasteiger partial charge is 0.331 e. The van der Waals surface area contributed by atoms with Crippen LogP contribution in [-0.2, 0) is 19.7 Å². The highest BCUT2D eigenvalue weighted by Gasteiger charge is 2.25. The fourth-order valence-electron chi connectivity index (χ4n) is 1.01. The van der Waals surface area contributed by atoms with Crippen LogP contribution in [0.2, 0.25) is 0 Å². The van der Waals surface area contributed by atoms with Crippen LogP contribution >= 0.6 is 0 Å². The lowest BCUT2D eigenvalue weighted by Crippen LogP contribution is -2.33. The Morgan fingerprint density at radius 2 is 1.67 bits per heavy atom. The molecule has 0 aliphatic heterocycles. The average molecular weight is 271 g/mol. The lowest BCUT2D eigenvalue weighted by molar-refractivity contribution is -0.156. The molecule has 0 heterocycles. The summed E-state index contributed by atoms with van der Waals surface area (Å²) in [6.07, 6.45) is 0. The Morgan fingerprint density at radius 3 is 2.11 bits per heavy atom. The highest BCUT2D eigenvalue weighted by molar-refractivity contribution is 7.89. The standard InChI is InChI=1S/C12H17NO4S/c1-9-5-7-10(8-6-9)18(15,16)13-17-11(14)12(2,3)4/h5-8,13H,1-4H3. The molecule has 0 saturated heterocycles. The van der Waals surface area contributed by atoms with Gasteiger partial charge in [0, 0.05) is 0 Å². The van der Waals surface area contributed by atoms with Crippen LogP contribution in [0.15, 0.2) is 29.2 Å². The van der Waals surface area contributed by atoms with Crippen molar-refractivity contribution in [1.29, 1.82) is 0 Å². The van der Waals surface area contributed by atoms with Crippen molar-refractivity contribution in [2.45, 2.75) is 32.6 Å². The van der Waals surface area contributed by atoms with Crippen molar-refractivity contribution in [1.82, 2.24) is 4.89 Å². The Kier molecular flexibility index (Phi) is 4.13. The van der Waals surface area contributed by atoms with Crippen molar-refractivity contribution in [2.75, 3.05) is 0 Å². The summed E-state index contributed by atoms with van der Waals surface area (Å²) < 4.78 is 23.6. The van der Waals surface area contributed by atoms with Crippen LogP contribution in [0.25, 0.3) is 0 Å². The van der Waals surface area contributed by atoms with E-state index in [2.05, 4.69) is 4.84 Å². The van der Waals surface area contributed by atoms with Gasteiger partial charge in [0.1, 0.15) is 0 Å². The molecule has 0 saturated carbocycles. The van der Waals surface area contributed by atoms with Crippen molar-refractivity contribution in [2.24, 2.45) is 5.41 Å². The van der Waals surface area contributed by atoms with Crippen LogP contribution in [0.5, 0.6) is 0 Å². The maximum Gasteiger partial charge on any atom is 0.331 e. The van der Waals surface area contributed by atoms with Crippen molar-refractivity contribution < 1.29 is 18.0 Å². The number of nitrogens with one attached hydrogen (secondary N) is 1. The SMILES string of the molecule is Cc1ccc(S(=O)(=O)NOC(=O)C(C)(C)C)cc1. The van der Waals surface area contributed by atoms with Crippen LogP contribution in [0.4, 0.5) is 0 Å². The van der Waals surface area contributed by atoms with Crippen molar-refractivity contribution in [3.63, 3.8) is 0 Å². The molecule has 0 bridgehead atoms. The van der Waals surface area contributed by atoms with Gasteiger partial charge in [0.25, 0.3) is 10.0 Å². The van der Waals surface area contributed by atoms with E-state index >= 15 is 0 Å². The van der Waals surface area contributed by atoms with Gasteiger partial charge in [-0.05, 0) is 44.7 Å². The van der Waals surface area contributed by atoms with Crippen LogP contribution in [0.1, 0.15) is 26.3 Å². The number of hydrogen-bond donors (Lipinski definition) is 1. The minimum Gasteiger partial charge on any atom is -0.355 e. The first-order valence-electron chi connectivity index (χ1n) is 5.43. The quantitative estimate of drug-likeness (QED) is 0.850. The van der Waals surface area contributed by atoms with E-state index in [1.807, 2.05) is 11.8 Å². The molecule has 1 aromatic carbocycles. The molecule has 0 fully saturated rings. The topological polar surface area (TPSA) is 72.5 Å². The molecule has 0 aliphatic rings. The minimum absolute atomic E-state index is 0.0507. The predicted molar refractivity (Wildman–Crippen MR) is 67.0 cm³/mol. The number of hydrogen-bond acceptors (Lipinski definition) is 4. The van der Waals surface area contributed by atoms with E-state index in [0.29, 0.717) is 0 Å². The van der Waals surface area contributed by atoms with E-state index in [1.54, 1.807) is 32.9 Å². The number of sulfonamides is 1. The Labute approximate surface area is 107 Å². The lowest BCUT2D eigenvalue weighted by Gasteiger charge is -2.16. The van der Waals surface area contributed by atoms with Gasteiger partial charge < -0.3 is 4.84 Å². The Morgan fingerprint density at radius 1 is 1.17 bits per heavy atom. The second-order valence-corrected chi connectivity index (χ2v) is 6.68. The normalized spacial score (nSPS) is 12.2. The minimum atomic E-state index is -3.83. The van der Waals surface area contributed by atoms with E-state index in [-0.39, 0.29) is 4.90 Å². The van der Waals surface area contributed by atoms with Crippen LogP contribution in [-0.4, -0.2) is 14.4 Å². The van der Waals surface area contributed by atoms with Gasteiger partial charge in [-0.2, -0.15) is 0 Å². The van der Waals surface area contributed by atoms with Gasteiger partial charge in [-0.15, -0.1) is 0 Å². The van der Waals surface area contributed by atoms with Crippen molar-refractivity contribution in [3.05, 3.63) is 29.8 Å². The molecule has 0 aromatic heterocycles. The molecular formula is C12H17NO4S. The first-order valence-corrected chi connectivity index (χ1v) is 6.91. The molecule has 100 valence electrons. The molecular weight excluding hydrogens is 254 g/mol. The molecule has 1 rings (SSSR count). The molecule has 0 amide bonds. The fraction of sp³-hybridized carbons (Fsp3) is 0.417. The zero-order valence-electron chi connectivity index (χ0n) is 10.9. The van der Waals surface area contributed by atoms with E-state index in [0.717, 1.165) is 5.56 Å². The molecule has 0 radical (unpaired) electrons. The molecule has 0 aliphatic carbocycles. The third-order valence-electron chi connectivity index (χ3n) is 2.19. The van der Waals surface area contributed by atoms with Crippen LogP contribution in [0.3, 0.4) is 0 Å².